The summed E-state index contributed by atoms with van der Waals surface area (Å²) >= 11 is 6.01. The molecule has 0 aliphatic carbocycles. The zero-order chi connectivity index (χ0) is 16.4. The molecule has 1 aromatic carbocycles. The number of likely N-dealkylation sites (N-methyl/N-ethyl adjacent to an activating group) is 1. The predicted octanol–water partition coefficient (Wildman–Crippen LogP) is 1.73. The fourth-order valence-corrected chi connectivity index (χ4v) is 3.34. The van der Waals surface area contributed by atoms with Gasteiger partial charge in [0.05, 0.1) is 30.1 Å². The van der Waals surface area contributed by atoms with Crippen molar-refractivity contribution in [1.29, 1.82) is 0 Å². The zero-order valence-electron chi connectivity index (χ0n) is 13.0. The summed E-state index contributed by atoms with van der Waals surface area (Å²) in [7, 11) is 1.80. The maximum Gasteiger partial charge on any atom is 0.317 e. The van der Waals surface area contributed by atoms with E-state index in [1.165, 1.54) is 0 Å². The quantitative estimate of drug-likeness (QED) is 0.910. The highest BCUT2D eigenvalue weighted by molar-refractivity contribution is 6.32. The standard InChI is InChI=1S/C16H20ClN3O3/c1-19-13-6-8-20(10-12(13)18-16(19)22)15(21)7-9-23-14-5-3-2-4-11(14)17/h2-5,12-13H,6-10H2,1H3,(H,18,22)/t12-,13+/m1/s1. The van der Waals surface area contributed by atoms with Crippen LogP contribution < -0.4 is 10.1 Å². The van der Waals surface area contributed by atoms with Crippen LogP contribution in [0.1, 0.15) is 12.8 Å². The van der Waals surface area contributed by atoms with Gasteiger partial charge in [0.25, 0.3) is 0 Å². The number of halogens is 1. The Kier molecular flexibility index (Phi) is 4.61. The van der Waals surface area contributed by atoms with E-state index >= 15 is 0 Å². The Hall–Kier alpha value is -1.95. The number of ether oxygens (including phenoxy) is 1. The van der Waals surface area contributed by atoms with Gasteiger partial charge < -0.3 is 19.9 Å². The Bertz CT molecular complexity index is 610. The number of piperidine rings is 1. The summed E-state index contributed by atoms with van der Waals surface area (Å²) in [6.07, 6.45) is 1.10. The SMILES string of the molecule is CN1C(=O)N[C@@H]2CN(C(=O)CCOc3ccccc3Cl)CC[C@@H]21. The molecule has 3 amide bonds. The molecule has 2 fully saturated rings. The summed E-state index contributed by atoms with van der Waals surface area (Å²) in [4.78, 5) is 27.5. The Morgan fingerprint density at radius 3 is 3.00 bits per heavy atom. The Labute approximate surface area is 140 Å². The minimum Gasteiger partial charge on any atom is -0.491 e. The summed E-state index contributed by atoms with van der Waals surface area (Å²) in [5, 5.41) is 3.46. The van der Waals surface area contributed by atoms with Crippen LogP contribution in [0.3, 0.4) is 0 Å². The van der Waals surface area contributed by atoms with E-state index in [9.17, 15) is 9.59 Å². The first-order chi connectivity index (χ1) is 11.1. The second-order valence-corrected chi connectivity index (χ2v) is 6.30. The third-order valence-electron chi connectivity index (χ3n) is 4.47. The smallest absolute Gasteiger partial charge is 0.317 e. The first kappa shape index (κ1) is 15.9. The van der Waals surface area contributed by atoms with Gasteiger partial charge in [0, 0.05) is 20.1 Å². The van der Waals surface area contributed by atoms with Crippen molar-refractivity contribution < 1.29 is 14.3 Å². The number of nitrogens with one attached hydrogen (secondary N) is 1. The van der Waals surface area contributed by atoms with Gasteiger partial charge in [-0.3, -0.25) is 4.79 Å². The number of hydrogen-bond donors (Lipinski definition) is 1. The van der Waals surface area contributed by atoms with E-state index in [0.29, 0.717) is 36.9 Å². The van der Waals surface area contributed by atoms with Gasteiger partial charge in [-0.15, -0.1) is 0 Å². The highest BCUT2D eigenvalue weighted by atomic mass is 35.5. The van der Waals surface area contributed by atoms with E-state index < -0.39 is 0 Å². The Balaban J connectivity index is 1.48. The third-order valence-corrected chi connectivity index (χ3v) is 4.78. The van der Waals surface area contributed by atoms with Crippen molar-refractivity contribution in [1.82, 2.24) is 15.1 Å². The molecule has 6 nitrogen and oxygen atoms in total. The summed E-state index contributed by atoms with van der Waals surface area (Å²) in [6, 6.07) is 7.35. The van der Waals surface area contributed by atoms with Crippen LogP contribution in [0.25, 0.3) is 0 Å². The van der Waals surface area contributed by atoms with Crippen molar-refractivity contribution in [3.8, 4) is 5.75 Å². The highest BCUT2D eigenvalue weighted by Gasteiger charge is 2.41. The number of likely N-dealkylation sites (tertiary alicyclic amines) is 1. The summed E-state index contributed by atoms with van der Waals surface area (Å²) < 4.78 is 5.56. The molecule has 2 aliphatic rings. The minimum absolute atomic E-state index is 0.0229. The number of rotatable bonds is 4. The number of benzene rings is 1. The van der Waals surface area contributed by atoms with Crippen molar-refractivity contribution in [3.63, 3.8) is 0 Å². The fraction of sp³-hybridized carbons (Fsp3) is 0.500. The maximum absolute atomic E-state index is 12.3. The monoisotopic (exact) mass is 337 g/mol. The number of fused-ring (bicyclic) bond motifs is 1. The molecule has 124 valence electrons. The van der Waals surface area contributed by atoms with Crippen molar-refractivity contribution in [3.05, 3.63) is 29.3 Å². The van der Waals surface area contributed by atoms with Crippen molar-refractivity contribution in [2.24, 2.45) is 0 Å². The first-order valence-corrected chi connectivity index (χ1v) is 8.12. The van der Waals surface area contributed by atoms with Crippen LogP contribution in [0.4, 0.5) is 4.79 Å². The van der Waals surface area contributed by atoms with Gasteiger partial charge in [-0.2, -0.15) is 0 Å². The predicted molar refractivity (Wildman–Crippen MR) is 86.6 cm³/mol. The largest absolute Gasteiger partial charge is 0.491 e. The van der Waals surface area contributed by atoms with E-state index in [0.717, 1.165) is 6.42 Å². The molecule has 0 radical (unpaired) electrons. The summed E-state index contributed by atoms with van der Waals surface area (Å²) in [5.41, 5.74) is 0. The van der Waals surface area contributed by atoms with Gasteiger partial charge >= 0.3 is 6.03 Å². The molecule has 7 heteroatoms. The van der Waals surface area contributed by atoms with E-state index in [1.807, 2.05) is 12.1 Å². The molecule has 2 atom stereocenters. The third kappa shape index (κ3) is 3.37. The molecule has 2 heterocycles. The summed E-state index contributed by atoms with van der Waals surface area (Å²) in [5.74, 6) is 0.629. The second-order valence-electron chi connectivity index (χ2n) is 5.89. The van der Waals surface area contributed by atoms with Crippen LogP contribution in [0.15, 0.2) is 24.3 Å². The number of amides is 3. The number of nitrogens with zero attached hydrogens (tertiary/aromatic N) is 2. The van der Waals surface area contributed by atoms with Gasteiger partial charge in [0.1, 0.15) is 5.75 Å². The maximum atomic E-state index is 12.3. The molecule has 0 spiro atoms. The highest BCUT2D eigenvalue weighted by Crippen LogP contribution is 2.24. The Morgan fingerprint density at radius 1 is 1.43 bits per heavy atom. The molecule has 2 saturated heterocycles. The first-order valence-electron chi connectivity index (χ1n) is 7.74. The number of carbonyl (C=O) groups is 2. The number of para-hydroxylation sites is 1. The average Bonchev–Trinajstić information content (AvgIpc) is 2.83. The molecule has 23 heavy (non-hydrogen) atoms. The fourth-order valence-electron chi connectivity index (χ4n) is 3.15. The van der Waals surface area contributed by atoms with Crippen molar-refractivity contribution >= 4 is 23.5 Å². The lowest BCUT2D eigenvalue weighted by Gasteiger charge is -2.35. The van der Waals surface area contributed by atoms with Crippen LogP contribution in [0, 0.1) is 0 Å². The van der Waals surface area contributed by atoms with E-state index in [-0.39, 0.29) is 24.0 Å². The van der Waals surface area contributed by atoms with Crippen LogP contribution >= 0.6 is 11.6 Å². The lowest BCUT2D eigenvalue weighted by Crippen LogP contribution is -2.52. The molecule has 3 rings (SSSR count). The second kappa shape index (κ2) is 6.66. The van der Waals surface area contributed by atoms with Crippen molar-refractivity contribution in [2.75, 3.05) is 26.7 Å². The average molecular weight is 338 g/mol. The number of hydrogen-bond acceptors (Lipinski definition) is 3. The number of carbonyl (C=O) groups excluding carboxylic acids is 2. The Morgan fingerprint density at radius 2 is 2.22 bits per heavy atom. The van der Waals surface area contributed by atoms with Gasteiger partial charge in [-0.1, -0.05) is 23.7 Å². The molecule has 0 unspecified atom stereocenters. The molecule has 1 aromatic rings. The molecular weight excluding hydrogens is 318 g/mol. The van der Waals surface area contributed by atoms with Gasteiger partial charge in [0.2, 0.25) is 5.91 Å². The lowest BCUT2D eigenvalue weighted by atomic mass is 10.00. The molecule has 0 aromatic heterocycles. The van der Waals surface area contributed by atoms with Gasteiger partial charge in [-0.05, 0) is 18.6 Å². The van der Waals surface area contributed by atoms with Crippen LogP contribution in [-0.4, -0.2) is 60.6 Å². The van der Waals surface area contributed by atoms with E-state index in [2.05, 4.69) is 5.32 Å². The van der Waals surface area contributed by atoms with Gasteiger partial charge in [0.15, 0.2) is 0 Å². The summed E-state index contributed by atoms with van der Waals surface area (Å²) in [6.45, 7) is 1.52. The van der Waals surface area contributed by atoms with Crippen LogP contribution in [0.5, 0.6) is 5.75 Å². The van der Waals surface area contributed by atoms with Crippen LogP contribution in [-0.2, 0) is 4.79 Å². The molecule has 0 bridgehead atoms. The number of urea groups is 1. The topological polar surface area (TPSA) is 61.9 Å². The molecule has 0 saturated carbocycles. The lowest BCUT2D eigenvalue weighted by molar-refractivity contribution is -0.133. The van der Waals surface area contributed by atoms with Gasteiger partial charge in [-0.25, -0.2) is 4.79 Å². The van der Waals surface area contributed by atoms with Crippen molar-refractivity contribution in [2.45, 2.75) is 24.9 Å². The normalized spacial score (nSPS) is 23.5. The molecular formula is C16H20ClN3O3. The molecule has 1 N–H and O–H groups in total. The van der Waals surface area contributed by atoms with E-state index in [4.69, 9.17) is 16.3 Å². The zero-order valence-corrected chi connectivity index (χ0v) is 13.8. The molecule has 2 aliphatic heterocycles. The van der Waals surface area contributed by atoms with E-state index in [1.54, 1.807) is 29.0 Å². The minimum atomic E-state index is -0.0589. The van der Waals surface area contributed by atoms with Crippen LogP contribution in [0.2, 0.25) is 5.02 Å².